The van der Waals surface area contributed by atoms with E-state index < -0.39 is 6.10 Å². The topological polar surface area (TPSA) is 45.3 Å². The maximum atomic E-state index is 7.83. The maximum absolute atomic E-state index is 7.83. The second kappa shape index (κ2) is 19.1. The van der Waals surface area contributed by atoms with Gasteiger partial charge in [0.15, 0.2) is 0 Å². The Morgan fingerprint density at radius 3 is 0.737 bits per heavy atom. The molecule has 8 aliphatic carbocycles. The van der Waals surface area contributed by atoms with Crippen molar-refractivity contribution < 1.29 is 145 Å². The summed E-state index contributed by atoms with van der Waals surface area (Å²) in [7, 11) is 0. The fourth-order valence-electron chi connectivity index (χ4n) is 8.72. The van der Waals surface area contributed by atoms with Gasteiger partial charge in [0, 0.05) is 144 Å². The number of ether oxygens (including phenoxy) is 2. The predicted octanol–water partition coefficient (Wildman–Crippen LogP) is 6.52. The van der Waals surface area contributed by atoms with Gasteiger partial charge in [-0.3, -0.25) is 0 Å². The van der Waals surface area contributed by atoms with Gasteiger partial charge in [0.05, 0.1) is 0 Å². The molecule has 7 heteroatoms. The van der Waals surface area contributed by atoms with Crippen LogP contribution >= 0.6 is 0 Å². The van der Waals surface area contributed by atoms with Gasteiger partial charge in [0.2, 0.25) is 0 Å². The molecular weight excluding hydrogens is 776 g/mol. The zero-order valence-corrected chi connectivity index (χ0v) is 35.3. The molecule has 8 bridgehead atoms. The molecule has 10 fully saturated rings. The third-order valence-corrected chi connectivity index (χ3v) is 9.13. The average Bonchev–Trinajstić information content (AvgIpc) is 3.59. The third kappa shape index (κ3) is 15.1. The van der Waals surface area contributed by atoms with E-state index >= 15 is 0 Å². The minimum absolute atomic E-state index is 0. The smallest absolute Gasteiger partial charge is 0.0414 e. The Labute approximate surface area is 336 Å². The van der Waals surface area contributed by atoms with E-state index in [-0.39, 0.29) is 131 Å². The van der Waals surface area contributed by atoms with Gasteiger partial charge in [-0.05, 0) is 86.2 Å². The Morgan fingerprint density at radius 1 is 0.526 bits per heavy atom. The first-order valence-electron chi connectivity index (χ1n) is 13.9. The van der Waals surface area contributed by atoms with Gasteiger partial charge in [0.25, 0.3) is 0 Å². The van der Waals surface area contributed by atoms with Crippen LogP contribution in [0.15, 0.2) is 0 Å². The summed E-state index contributed by atoms with van der Waals surface area (Å²) in [6.45, 7) is 23.8. The van der Waals surface area contributed by atoms with Crippen LogP contribution in [0.2, 0.25) is 0 Å². The first-order valence-corrected chi connectivity index (χ1v) is 13.9. The molecule has 2 atom stereocenters. The fraction of sp³-hybridized carbons (Fsp3) is 0.806. The van der Waals surface area contributed by atoms with Gasteiger partial charge < -0.3 is 56.1 Å². The van der Waals surface area contributed by atoms with Crippen LogP contribution < -0.4 is 0 Å². The van der Waals surface area contributed by atoms with Crippen molar-refractivity contribution in [2.24, 2.45) is 46.3 Å². The van der Waals surface area contributed by atoms with Crippen molar-refractivity contribution in [3.8, 4) is 0 Å². The van der Waals surface area contributed by atoms with Crippen LogP contribution in [0.4, 0.5) is 0 Å². The van der Waals surface area contributed by atoms with Gasteiger partial charge >= 0.3 is 0 Å². The largest absolute Gasteiger partial charge is 0.456 e. The minimum atomic E-state index is -0.667. The van der Waals surface area contributed by atoms with Crippen LogP contribution in [-0.4, -0.2) is 36.6 Å². The zero-order valence-electron chi connectivity index (χ0n) is 23.9. The second-order valence-corrected chi connectivity index (χ2v) is 13.4. The zero-order chi connectivity index (χ0) is 24.5. The number of aliphatic hydroxyl groups excluding tert-OH is 1. The molecule has 10 aliphatic rings. The summed E-state index contributed by atoms with van der Waals surface area (Å²) < 4.78 is 9.19. The van der Waals surface area contributed by atoms with Crippen molar-refractivity contribution in [3.63, 3.8) is 0 Å². The molecule has 210 valence electrons. The molecule has 2 saturated heterocycles. The van der Waals surface area contributed by atoms with E-state index in [0.29, 0.717) is 23.0 Å². The molecule has 2 heterocycles. The van der Waals surface area contributed by atoms with E-state index in [0.717, 1.165) is 48.7 Å². The molecule has 0 aromatic rings. The van der Waals surface area contributed by atoms with Gasteiger partial charge in [-0.25, -0.2) is 6.10 Å². The molecule has 38 heavy (non-hydrogen) atoms. The molecule has 3 nitrogen and oxygen atoms in total. The number of hydrogen-bond donors (Lipinski definition) is 1. The third-order valence-electron chi connectivity index (χ3n) is 9.13. The molecule has 0 aromatic carbocycles. The summed E-state index contributed by atoms with van der Waals surface area (Å²) in [6.07, 6.45) is 18.0. The maximum Gasteiger partial charge on any atom is 0.0414 e. The molecule has 0 aromatic heterocycles. The molecule has 0 spiro atoms. The SMILES string of the molecule is [CH2-]C([CH2-])O.[CH2-]C12CC3CC(CC(C3)C1)C2.[CH2-]C12CC3CC(CC(C3)C1)C2.[CH2-]C1CO1.[CH2-]C1CO1.[Y].[Y].[Y].[Y]. The van der Waals surface area contributed by atoms with Crippen LogP contribution in [0.3, 0.4) is 0 Å². The van der Waals surface area contributed by atoms with E-state index in [1.54, 1.807) is 38.5 Å². The Bertz CT molecular complexity index is 526. The molecule has 4 radical (unpaired) electrons. The fourth-order valence-corrected chi connectivity index (χ4v) is 8.72. The summed E-state index contributed by atoms with van der Waals surface area (Å²) in [5.74, 6) is 6.49. The summed E-state index contributed by atoms with van der Waals surface area (Å²) in [6, 6.07) is 0. The Kier molecular flexibility index (Phi) is 21.2. The van der Waals surface area contributed by atoms with Crippen molar-refractivity contribution in [1.82, 2.24) is 0 Å². The number of aliphatic hydroxyl groups is 1. The van der Waals surface area contributed by atoms with Crippen molar-refractivity contribution in [1.29, 1.82) is 0 Å². The Balaban J connectivity index is 0.000000476. The van der Waals surface area contributed by atoms with Gasteiger partial charge in [-0.2, -0.15) is 10.8 Å². The molecule has 2 unspecified atom stereocenters. The minimum Gasteiger partial charge on any atom is -0.456 e. The van der Waals surface area contributed by atoms with E-state index in [1.807, 2.05) is 0 Å². The Hall–Kier alpha value is 4.30. The Morgan fingerprint density at radius 2 is 0.658 bits per heavy atom. The summed E-state index contributed by atoms with van der Waals surface area (Å²) in [5.41, 5.74) is 1.10. The second-order valence-electron chi connectivity index (χ2n) is 13.4. The van der Waals surface area contributed by atoms with Crippen LogP contribution in [0.1, 0.15) is 77.0 Å². The van der Waals surface area contributed by atoms with E-state index in [2.05, 4.69) is 51.0 Å². The number of rotatable bonds is 0. The average molecular weight is 826 g/mol. The molecule has 2 aliphatic heterocycles. The van der Waals surface area contributed by atoms with Crippen LogP contribution in [0, 0.1) is 87.9 Å². The first kappa shape index (κ1) is 42.3. The van der Waals surface area contributed by atoms with Gasteiger partial charge in [-0.1, -0.05) is 38.5 Å². The molecule has 1 N–H and O–H groups in total. The molecule has 10 rings (SSSR count). The summed E-state index contributed by atoms with van der Waals surface area (Å²) in [5, 5.41) is 7.83. The monoisotopic (exact) mass is 826 g/mol. The molecule has 8 saturated carbocycles. The number of hydrogen-bond acceptors (Lipinski definition) is 3. The van der Waals surface area contributed by atoms with Crippen LogP contribution in [-0.2, 0) is 140 Å². The van der Waals surface area contributed by atoms with E-state index in [1.165, 1.54) is 38.5 Å². The van der Waals surface area contributed by atoms with Crippen LogP contribution in [0.25, 0.3) is 0 Å². The first-order chi connectivity index (χ1) is 16.0. The van der Waals surface area contributed by atoms with Gasteiger partial charge in [-0.15, -0.1) is 0 Å². The van der Waals surface area contributed by atoms with Crippen LogP contribution in [0.5, 0.6) is 0 Å². The van der Waals surface area contributed by atoms with Crippen molar-refractivity contribution >= 4 is 0 Å². The quantitative estimate of drug-likeness (QED) is 0.224. The van der Waals surface area contributed by atoms with Gasteiger partial charge in [0.1, 0.15) is 0 Å². The number of epoxide rings is 2. The summed E-state index contributed by atoms with van der Waals surface area (Å²) >= 11 is 0. The van der Waals surface area contributed by atoms with Crippen molar-refractivity contribution in [3.05, 3.63) is 41.5 Å². The standard InChI is InChI=1S/2C11H17.2C3H5O.C3H6O.4Y/c2*1-11-5-8-2-9(6-11)4-10(3-8)7-11;2*1-3-2-4-3;1-3(2)4;;;;/h2*8-10H,1-7H2;2*3H,1-2H2;3-4H,1-2H2;;;;/q4*-1;-2;;;;. The molecule has 0 amide bonds. The van der Waals surface area contributed by atoms with E-state index in [9.17, 15) is 0 Å². The normalized spacial score (nSPS) is 44.2. The predicted molar refractivity (Wildman–Crippen MR) is 139 cm³/mol. The summed E-state index contributed by atoms with van der Waals surface area (Å²) in [4.78, 5) is 0. The molecular formula is C31H50O3Y4-6. The van der Waals surface area contributed by atoms with E-state index in [4.69, 9.17) is 5.11 Å². The van der Waals surface area contributed by atoms with Crippen molar-refractivity contribution in [2.75, 3.05) is 13.2 Å². The van der Waals surface area contributed by atoms with Crippen molar-refractivity contribution in [2.45, 2.75) is 95.4 Å².